The van der Waals surface area contributed by atoms with Crippen LogP contribution < -0.4 is 4.90 Å². The maximum atomic E-state index is 14.5. The van der Waals surface area contributed by atoms with Crippen molar-refractivity contribution in [2.45, 2.75) is 45.3 Å². The molecule has 0 saturated carbocycles. The lowest BCUT2D eigenvalue weighted by molar-refractivity contribution is -0.145. The summed E-state index contributed by atoms with van der Waals surface area (Å²) in [5.41, 5.74) is 0.916. The summed E-state index contributed by atoms with van der Waals surface area (Å²) in [6.07, 6.45) is 0.186. The van der Waals surface area contributed by atoms with Gasteiger partial charge in [0.05, 0.1) is 30.1 Å². The van der Waals surface area contributed by atoms with Crippen LogP contribution in [0.15, 0.2) is 78.9 Å². The SMILES string of the molecule is Cc1cccc([C@@H]2[C@@H]3C(=O)N(Cc4ccccc4)C(=O)[C@@H]3[C@]3(CC(C)C)C(=O)N(c4cccc(F)c4)C(=O)N23)c1. The van der Waals surface area contributed by atoms with Crippen molar-refractivity contribution in [1.29, 1.82) is 0 Å². The van der Waals surface area contributed by atoms with E-state index in [0.29, 0.717) is 5.56 Å². The number of urea groups is 1. The number of nitrogens with zero attached hydrogens (tertiary/aromatic N) is 3. The molecule has 0 radical (unpaired) electrons. The van der Waals surface area contributed by atoms with E-state index in [2.05, 4.69) is 0 Å². The Labute approximate surface area is 232 Å². The Balaban J connectivity index is 1.55. The second-order valence-electron chi connectivity index (χ2n) is 11.4. The predicted octanol–water partition coefficient (Wildman–Crippen LogP) is 5.24. The van der Waals surface area contributed by atoms with E-state index in [-0.39, 0.29) is 30.5 Å². The third-order valence-corrected chi connectivity index (χ3v) is 8.33. The molecule has 4 atom stereocenters. The molecule has 0 spiro atoms. The first kappa shape index (κ1) is 25.9. The number of benzene rings is 3. The number of anilines is 1. The molecule has 0 unspecified atom stereocenters. The summed E-state index contributed by atoms with van der Waals surface area (Å²) < 4.78 is 14.3. The number of aryl methyl sites for hydroxylation is 1. The fourth-order valence-electron chi connectivity index (χ4n) is 6.95. The average Bonchev–Trinajstić information content (AvgIpc) is 3.43. The van der Waals surface area contributed by atoms with Crippen molar-refractivity contribution in [3.05, 3.63) is 101 Å². The van der Waals surface area contributed by atoms with Gasteiger partial charge in [0.1, 0.15) is 11.4 Å². The summed E-state index contributed by atoms with van der Waals surface area (Å²) in [4.78, 5) is 60.9. The van der Waals surface area contributed by atoms with Crippen molar-refractivity contribution in [2.75, 3.05) is 4.90 Å². The largest absolute Gasteiger partial charge is 0.332 e. The van der Waals surface area contributed by atoms with Crippen LogP contribution in [0.2, 0.25) is 0 Å². The maximum Gasteiger partial charge on any atom is 0.332 e. The first-order chi connectivity index (χ1) is 19.1. The number of carbonyl (C=O) groups is 4. The van der Waals surface area contributed by atoms with Crippen molar-refractivity contribution >= 4 is 29.4 Å². The minimum Gasteiger partial charge on any atom is -0.300 e. The molecule has 3 aromatic carbocycles. The summed E-state index contributed by atoms with van der Waals surface area (Å²) in [5, 5.41) is 0. The van der Waals surface area contributed by atoms with Crippen LogP contribution in [0.4, 0.5) is 14.9 Å². The molecule has 6 rings (SSSR count). The van der Waals surface area contributed by atoms with Gasteiger partial charge in [0, 0.05) is 0 Å². The van der Waals surface area contributed by atoms with Gasteiger partial charge in [-0.25, -0.2) is 14.1 Å². The van der Waals surface area contributed by atoms with Crippen LogP contribution in [-0.2, 0) is 20.9 Å². The summed E-state index contributed by atoms with van der Waals surface area (Å²) in [5.74, 6) is -4.09. The number of carbonyl (C=O) groups excluding carboxylic acids is 4. The zero-order valence-electron chi connectivity index (χ0n) is 22.6. The highest BCUT2D eigenvalue weighted by Crippen LogP contribution is 2.60. The Morgan fingerprint density at radius 1 is 0.875 bits per heavy atom. The number of likely N-dealkylation sites (tertiary alicyclic amines) is 1. The normalized spacial score (nSPS) is 25.8. The fraction of sp³-hybridized carbons (Fsp3) is 0.312. The number of hydrogen-bond acceptors (Lipinski definition) is 4. The molecule has 3 aromatic rings. The molecule has 5 amide bonds. The number of imide groups is 2. The van der Waals surface area contributed by atoms with Crippen molar-refractivity contribution in [2.24, 2.45) is 17.8 Å². The third kappa shape index (κ3) is 3.69. The molecular formula is C32H30FN3O4. The highest BCUT2D eigenvalue weighted by atomic mass is 19.1. The fourth-order valence-corrected chi connectivity index (χ4v) is 6.95. The summed E-state index contributed by atoms with van der Waals surface area (Å²) >= 11 is 0. The van der Waals surface area contributed by atoms with Gasteiger partial charge in [-0.2, -0.15) is 0 Å². The van der Waals surface area contributed by atoms with Crippen LogP contribution in [0, 0.1) is 30.5 Å². The summed E-state index contributed by atoms with van der Waals surface area (Å²) in [6, 6.07) is 20.6. The molecule has 8 heteroatoms. The number of amides is 5. The van der Waals surface area contributed by atoms with E-state index >= 15 is 0 Å². The maximum absolute atomic E-state index is 14.5. The van der Waals surface area contributed by atoms with Gasteiger partial charge >= 0.3 is 6.03 Å². The Morgan fingerprint density at radius 2 is 1.60 bits per heavy atom. The Morgan fingerprint density at radius 3 is 2.27 bits per heavy atom. The second kappa shape index (κ2) is 9.40. The molecule has 3 fully saturated rings. The summed E-state index contributed by atoms with van der Waals surface area (Å²) in [6.45, 7) is 5.84. The highest BCUT2D eigenvalue weighted by Gasteiger charge is 2.77. The van der Waals surface area contributed by atoms with Crippen molar-refractivity contribution in [3.8, 4) is 0 Å². The zero-order chi connectivity index (χ0) is 28.3. The Bertz CT molecular complexity index is 1540. The van der Waals surface area contributed by atoms with E-state index in [1.807, 2.05) is 75.4 Å². The molecule has 0 aromatic heterocycles. The van der Waals surface area contributed by atoms with Gasteiger partial charge in [-0.1, -0.05) is 80.1 Å². The average molecular weight is 540 g/mol. The van der Waals surface area contributed by atoms with E-state index in [0.717, 1.165) is 22.1 Å². The van der Waals surface area contributed by atoms with E-state index < -0.39 is 47.1 Å². The van der Waals surface area contributed by atoms with Crippen LogP contribution >= 0.6 is 0 Å². The van der Waals surface area contributed by atoms with Crippen LogP contribution in [0.5, 0.6) is 0 Å². The number of hydrogen-bond donors (Lipinski definition) is 0. The van der Waals surface area contributed by atoms with E-state index in [1.54, 1.807) is 0 Å². The Kier molecular flexibility index (Phi) is 6.09. The van der Waals surface area contributed by atoms with Gasteiger partial charge in [0.2, 0.25) is 11.8 Å². The molecule has 3 aliphatic heterocycles. The standard InChI is InChI=1S/C32H30FN3O4/c1-19(2)17-32-26-25(28(37)34(29(26)38)18-21-10-5-4-6-11-21)27(22-12-7-9-20(3)15-22)36(32)31(40)35(30(32)39)24-14-8-13-23(33)16-24/h4-16,19,25-27H,17-18H2,1-3H3/t25-,26-,27-,32-/m1/s1. The van der Waals surface area contributed by atoms with E-state index in [9.17, 15) is 23.6 Å². The molecular weight excluding hydrogens is 509 g/mol. The quantitative estimate of drug-likeness (QED) is 0.317. The van der Waals surface area contributed by atoms with E-state index in [1.165, 1.54) is 28.0 Å². The monoisotopic (exact) mass is 539 g/mol. The molecule has 3 aliphatic rings. The minimum absolute atomic E-state index is 0.0829. The number of halogens is 1. The van der Waals surface area contributed by atoms with Crippen LogP contribution in [0.25, 0.3) is 0 Å². The van der Waals surface area contributed by atoms with Gasteiger partial charge in [-0.3, -0.25) is 19.3 Å². The molecule has 3 saturated heterocycles. The molecule has 3 heterocycles. The zero-order valence-corrected chi connectivity index (χ0v) is 22.6. The van der Waals surface area contributed by atoms with Crippen LogP contribution in [0.3, 0.4) is 0 Å². The van der Waals surface area contributed by atoms with E-state index in [4.69, 9.17) is 0 Å². The molecule has 7 nitrogen and oxygen atoms in total. The lowest BCUT2D eigenvalue weighted by Crippen LogP contribution is -2.54. The molecule has 204 valence electrons. The molecule has 0 bridgehead atoms. The molecule has 40 heavy (non-hydrogen) atoms. The van der Waals surface area contributed by atoms with Crippen molar-refractivity contribution < 1.29 is 23.6 Å². The van der Waals surface area contributed by atoms with Gasteiger partial charge in [-0.15, -0.1) is 0 Å². The smallest absolute Gasteiger partial charge is 0.300 e. The number of rotatable bonds is 6. The van der Waals surface area contributed by atoms with Crippen molar-refractivity contribution in [1.82, 2.24) is 9.80 Å². The Hall–Kier alpha value is -4.33. The minimum atomic E-state index is -1.59. The number of fused-ring (bicyclic) bond motifs is 3. The first-order valence-corrected chi connectivity index (χ1v) is 13.5. The first-order valence-electron chi connectivity index (χ1n) is 13.5. The second-order valence-corrected chi connectivity index (χ2v) is 11.4. The molecule has 0 N–H and O–H groups in total. The van der Waals surface area contributed by atoms with Crippen LogP contribution in [-0.4, -0.2) is 39.1 Å². The van der Waals surface area contributed by atoms with Gasteiger partial charge in [-0.05, 0) is 48.6 Å². The lowest BCUT2D eigenvalue weighted by atomic mass is 9.74. The highest BCUT2D eigenvalue weighted by molar-refractivity contribution is 6.26. The lowest BCUT2D eigenvalue weighted by Gasteiger charge is -2.36. The van der Waals surface area contributed by atoms with Crippen molar-refractivity contribution in [3.63, 3.8) is 0 Å². The van der Waals surface area contributed by atoms with Gasteiger partial charge in [0.15, 0.2) is 0 Å². The molecule has 0 aliphatic carbocycles. The van der Waals surface area contributed by atoms with Gasteiger partial charge in [0.25, 0.3) is 5.91 Å². The van der Waals surface area contributed by atoms with Crippen LogP contribution in [0.1, 0.15) is 43.0 Å². The van der Waals surface area contributed by atoms with Gasteiger partial charge < -0.3 is 4.90 Å². The predicted molar refractivity (Wildman–Crippen MR) is 146 cm³/mol. The topological polar surface area (TPSA) is 78.0 Å². The third-order valence-electron chi connectivity index (χ3n) is 8.33. The summed E-state index contributed by atoms with van der Waals surface area (Å²) in [7, 11) is 0.